The molecule has 3 nitrogen and oxygen atoms in total. The smallest absolute Gasteiger partial charge is 0.0625 e. The van der Waals surface area contributed by atoms with Gasteiger partial charge in [-0.3, -0.25) is 9.58 Å². The molecular weight excluding hydrogens is 246 g/mol. The Balaban J connectivity index is 2.68. The van der Waals surface area contributed by atoms with Gasteiger partial charge in [-0.05, 0) is 32.4 Å². The molecule has 0 saturated heterocycles. The van der Waals surface area contributed by atoms with Crippen molar-refractivity contribution in [1.29, 1.82) is 0 Å². The maximum absolute atomic E-state index is 5.88. The maximum Gasteiger partial charge on any atom is 0.0625 e. The summed E-state index contributed by atoms with van der Waals surface area (Å²) in [5.41, 5.74) is 2.50. The molecule has 104 valence electrons. The molecular formula is C14H26ClN3. The molecule has 18 heavy (non-hydrogen) atoms. The van der Waals surface area contributed by atoms with E-state index in [1.165, 1.54) is 24.2 Å². The van der Waals surface area contributed by atoms with E-state index in [0.717, 1.165) is 32.6 Å². The molecule has 0 aliphatic heterocycles. The Morgan fingerprint density at radius 1 is 1.28 bits per heavy atom. The summed E-state index contributed by atoms with van der Waals surface area (Å²) in [6, 6.07) is 2.23. The lowest BCUT2D eigenvalue weighted by Gasteiger charge is -2.21. The molecule has 0 N–H and O–H groups in total. The minimum atomic E-state index is 0.699. The Kier molecular flexibility index (Phi) is 7.36. The molecule has 0 radical (unpaired) electrons. The van der Waals surface area contributed by atoms with Crippen LogP contribution in [0.2, 0.25) is 0 Å². The van der Waals surface area contributed by atoms with Crippen LogP contribution in [0.5, 0.6) is 0 Å². The monoisotopic (exact) mass is 271 g/mol. The molecule has 0 saturated carbocycles. The number of unbranched alkanes of at least 4 members (excludes halogenated alkanes) is 1. The van der Waals surface area contributed by atoms with Crippen LogP contribution in [-0.4, -0.2) is 33.6 Å². The Morgan fingerprint density at radius 2 is 2.06 bits per heavy atom. The van der Waals surface area contributed by atoms with Crippen molar-refractivity contribution in [2.75, 3.05) is 19.0 Å². The third-order valence-electron chi connectivity index (χ3n) is 3.19. The van der Waals surface area contributed by atoms with Gasteiger partial charge in [-0.25, -0.2) is 0 Å². The second-order valence-corrected chi connectivity index (χ2v) is 4.99. The number of hydrogen-bond acceptors (Lipinski definition) is 2. The molecule has 0 atom stereocenters. The van der Waals surface area contributed by atoms with Crippen molar-refractivity contribution in [1.82, 2.24) is 14.7 Å². The zero-order valence-corrected chi connectivity index (χ0v) is 12.7. The average molecular weight is 272 g/mol. The molecule has 1 aromatic heterocycles. The van der Waals surface area contributed by atoms with Gasteiger partial charge in [0, 0.05) is 25.5 Å². The Bertz CT molecular complexity index is 336. The van der Waals surface area contributed by atoms with E-state index in [1.807, 2.05) is 0 Å². The summed E-state index contributed by atoms with van der Waals surface area (Å²) in [4.78, 5) is 2.43. The van der Waals surface area contributed by atoms with Crippen LogP contribution in [-0.2, 0) is 19.5 Å². The molecule has 1 heterocycles. The molecule has 0 aromatic carbocycles. The van der Waals surface area contributed by atoms with E-state index in [0.29, 0.717) is 5.88 Å². The number of rotatable bonds is 9. The first-order chi connectivity index (χ1) is 8.74. The molecule has 0 spiro atoms. The molecule has 0 bridgehead atoms. The fourth-order valence-corrected chi connectivity index (χ4v) is 2.33. The molecule has 1 rings (SSSR count). The average Bonchev–Trinajstić information content (AvgIpc) is 2.78. The van der Waals surface area contributed by atoms with Gasteiger partial charge in [0.05, 0.1) is 11.4 Å². The van der Waals surface area contributed by atoms with Gasteiger partial charge < -0.3 is 0 Å². The first kappa shape index (κ1) is 15.5. The lowest BCUT2D eigenvalue weighted by Crippen LogP contribution is -2.27. The van der Waals surface area contributed by atoms with Crippen LogP contribution in [0.1, 0.15) is 45.0 Å². The van der Waals surface area contributed by atoms with Crippen LogP contribution in [0.15, 0.2) is 6.07 Å². The van der Waals surface area contributed by atoms with Gasteiger partial charge in [-0.15, -0.1) is 11.6 Å². The number of alkyl halides is 1. The van der Waals surface area contributed by atoms with Gasteiger partial charge in [0.25, 0.3) is 0 Å². The number of aryl methyl sites for hydroxylation is 2. The van der Waals surface area contributed by atoms with Gasteiger partial charge in [-0.1, -0.05) is 20.3 Å². The number of aromatic nitrogens is 2. The highest BCUT2D eigenvalue weighted by Crippen LogP contribution is 2.10. The van der Waals surface area contributed by atoms with Gasteiger partial charge in [0.1, 0.15) is 0 Å². The normalized spacial score (nSPS) is 11.4. The fourth-order valence-electron chi connectivity index (χ4n) is 2.09. The first-order valence-corrected chi connectivity index (χ1v) is 7.62. The molecule has 1 aromatic rings. The van der Waals surface area contributed by atoms with Crippen molar-refractivity contribution in [3.8, 4) is 0 Å². The standard InChI is InChI=1S/C14H26ClN3/c1-4-7-9-17(10-8-15)12-14-11-13(5-2)16-18(14)6-3/h11H,4-10,12H2,1-3H3. The van der Waals surface area contributed by atoms with Crippen LogP contribution >= 0.6 is 11.6 Å². The second kappa shape index (κ2) is 8.54. The van der Waals surface area contributed by atoms with Crippen molar-refractivity contribution in [2.24, 2.45) is 0 Å². The summed E-state index contributed by atoms with van der Waals surface area (Å²) < 4.78 is 2.12. The summed E-state index contributed by atoms with van der Waals surface area (Å²) >= 11 is 5.88. The summed E-state index contributed by atoms with van der Waals surface area (Å²) in [6.07, 6.45) is 3.47. The minimum absolute atomic E-state index is 0.699. The van der Waals surface area contributed by atoms with Crippen molar-refractivity contribution in [3.63, 3.8) is 0 Å². The van der Waals surface area contributed by atoms with Gasteiger partial charge >= 0.3 is 0 Å². The molecule has 4 heteroatoms. The van der Waals surface area contributed by atoms with E-state index in [-0.39, 0.29) is 0 Å². The largest absolute Gasteiger partial charge is 0.296 e. The number of halogens is 1. The van der Waals surface area contributed by atoms with Gasteiger partial charge in [0.2, 0.25) is 0 Å². The summed E-state index contributed by atoms with van der Waals surface area (Å²) in [5, 5.41) is 4.60. The van der Waals surface area contributed by atoms with Gasteiger partial charge in [0.15, 0.2) is 0 Å². The lowest BCUT2D eigenvalue weighted by molar-refractivity contribution is 0.268. The van der Waals surface area contributed by atoms with Crippen molar-refractivity contribution < 1.29 is 0 Å². The molecule has 0 aliphatic carbocycles. The van der Waals surface area contributed by atoms with Gasteiger partial charge in [-0.2, -0.15) is 5.10 Å². The van der Waals surface area contributed by atoms with Crippen molar-refractivity contribution >= 4 is 11.6 Å². The van der Waals surface area contributed by atoms with E-state index in [9.17, 15) is 0 Å². The zero-order chi connectivity index (χ0) is 13.4. The highest BCUT2D eigenvalue weighted by molar-refractivity contribution is 6.18. The minimum Gasteiger partial charge on any atom is -0.296 e. The predicted molar refractivity (Wildman–Crippen MR) is 78.2 cm³/mol. The van der Waals surface area contributed by atoms with E-state index in [1.54, 1.807) is 0 Å². The quantitative estimate of drug-likeness (QED) is 0.643. The molecule has 0 fully saturated rings. The van der Waals surface area contributed by atoms with Crippen molar-refractivity contribution in [3.05, 3.63) is 17.5 Å². The van der Waals surface area contributed by atoms with E-state index < -0.39 is 0 Å². The SMILES string of the molecule is CCCCN(CCCl)Cc1cc(CC)nn1CC. The molecule has 0 unspecified atom stereocenters. The second-order valence-electron chi connectivity index (χ2n) is 4.62. The Hall–Kier alpha value is -0.540. The zero-order valence-electron chi connectivity index (χ0n) is 12.0. The summed E-state index contributed by atoms with van der Waals surface area (Å²) in [7, 11) is 0. The number of hydrogen-bond donors (Lipinski definition) is 0. The van der Waals surface area contributed by atoms with Crippen LogP contribution in [0, 0.1) is 0 Å². The summed E-state index contributed by atoms with van der Waals surface area (Å²) in [6.45, 7) is 10.5. The Labute approximate surface area is 116 Å². The lowest BCUT2D eigenvalue weighted by atomic mass is 10.2. The first-order valence-electron chi connectivity index (χ1n) is 7.09. The van der Waals surface area contributed by atoms with Crippen LogP contribution in [0.3, 0.4) is 0 Å². The third kappa shape index (κ3) is 4.62. The predicted octanol–water partition coefficient (Wildman–Crippen LogP) is 3.31. The van der Waals surface area contributed by atoms with E-state index >= 15 is 0 Å². The van der Waals surface area contributed by atoms with E-state index in [2.05, 4.69) is 41.5 Å². The molecule has 0 aliphatic rings. The fraction of sp³-hybridized carbons (Fsp3) is 0.786. The highest BCUT2D eigenvalue weighted by Gasteiger charge is 2.10. The van der Waals surface area contributed by atoms with Crippen LogP contribution < -0.4 is 0 Å². The molecule has 0 amide bonds. The summed E-state index contributed by atoms with van der Waals surface area (Å²) in [5.74, 6) is 0.699. The third-order valence-corrected chi connectivity index (χ3v) is 3.36. The van der Waals surface area contributed by atoms with E-state index in [4.69, 9.17) is 11.6 Å². The highest BCUT2D eigenvalue weighted by atomic mass is 35.5. The van der Waals surface area contributed by atoms with Crippen LogP contribution in [0.25, 0.3) is 0 Å². The topological polar surface area (TPSA) is 21.1 Å². The van der Waals surface area contributed by atoms with Crippen molar-refractivity contribution in [2.45, 2.75) is 53.1 Å². The maximum atomic E-state index is 5.88. The number of nitrogens with zero attached hydrogens (tertiary/aromatic N) is 3. The Morgan fingerprint density at radius 3 is 2.61 bits per heavy atom. The van der Waals surface area contributed by atoms with Crippen LogP contribution in [0.4, 0.5) is 0 Å².